The van der Waals surface area contributed by atoms with Gasteiger partial charge in [-0.2, -0.15) is 18.3 Å². The molecule has 1 heterocycles. The van der Waals surface area contributed by atoms with E-state index >= 15 is 0 Å². The van der Waals surface area contributed by atoms with Gasteiger partial charge in [0.15, 0.2) is 5.69 Å². The molecule has 0 aliphatic heterocycles. The number of aromatic nitrogens is 2. The second kappa shape index (κ2) is 4.99. The van der Waals surface area contributed by atoms with Crippen molar-refractivity contribution in [1.82, 2.24) is 15.1 Å². The summed E-state index contributed by atoms with van der Waals surface area (Å²) in [6, 6.07) is 0.0838. The van der Waals surface area contributed by atoms with Gasteiger partial charge in [0, 0.05) is 11.7 Å². The lowest BCUT2D eigenvalue weighted by atomic mass is 10.2. The number of rotatable bonds is 3. The normalized spacial score (nSPS) is 13.8. The molecule has 1 N–H and O–H groups in total. The van der Waals surface area contributed by atoms with Crippen LogP contribution in [-0.2, 0) is 11.0 Å². The van der Waals surface area contributed by atoms with E-state index in [1.807, 2.05) is 0 Å². The van der Waals surface area contributed by atoms with E-state index in [2.05, 4.69) is 10.4 Å². The molecule has 18 heavy (non-hydrogen) atoms. The van der Waals surface area contributed by atoms with Crippen molar-refractivity contribution < 1.29 is 18.0 Å². The summed E-state index contributed by atoms with van der Waals surface area (Å²) in [6.07, 6.45) is -4.50. The summed E-state index contributed by atoms with van der Waals surface area (Å²) in [6.45, 7) is 6.56. The predicted octanol–water partition coefficient (Wildman–Crippen LogP) is 2.30. The van der Waals surface area contributed by atoms with E-state index in [9.17, 15) is 18.0 Å². The highest BCUT2D eigenvalue weighted by atomic mass is 19.4. The Kier molecular flexibility index (Phi) is 4.03. The van der Waals surface area contributed by atoms with E-state index in [1.165, 1.54) is 13.8 Å². The molecule has 1 amide bonds. The molecule has 7 heteroatoms. The first-order valence-electron chi connectivity index (χ1n) is 5.56. The highest BCUT2D eigenvalue weighted by Gasteiger charge is 2.35. The van der Waals surface area contributed by atoms with Crippen molar-refractivity contribution in [2.45, 2.75) is 46.0 Å². The molecule has 0 unspecified atom stereocenters. The molecule has 0 saturated heterocycles. The Morgan fingerprint density at radius 1 is 1.39 bits per heavy atom. The van der Waals surface area contributed by atoms with Crippen LogP contribution in [0, 0.1) is 6.92 Å². The van der Waals surface area contributed by atoms with Gasteiger partial charge in [-0.15, -0.1) is 0 Å². The molecule has 0 aliphatic rings. The lowest BCUT2D eigenvalue weighted by Gasteiger charge is -2.16. The minimum absolute atomic E-state index is 0.0714. The number of carbonyl (C=O) groups is 1. The second-order valence-corrected chi connectivity index (χ2v) is 4.45. The van der Waals surface area contributed by atoms with E-state index < -0.39 is 17.9 Å². The first-order valence-corrected chi connectivity index (χ1v) is 5.56. The Morgan fingerprint density at radius 2 is 1.94 bits per heavy atom. The minimum Gasteiger partial charge on any atom is -0.352 e. The van der Waals surface area contributed by atoms with Crippen LogP contribution >= 0.6 is 0 Å². The molecule has 4 nitrogen and oxygen atoms in total. The van der Waals surface area contributed by atoms with Crippen LogP contribution in [0.5, 0.6) is 0 Å². The summed E-state index contributed by atoms with van der Waals surface area (Å²) < 4.78 is 38.5. The monoisotopic (exact) mass is 263 g/mol. The molecule has 1 rings (SSSR count). The molecule has 0 aliphatic carbocycles. The fourth-order valence-corrected chi connectivity index (χ4v) is 1.53. The first kappa shape index (κ1) is 14.5. The molecule has 102 valence electrons. The third kappa shape index (κ3) is 3.24. The van der Waals surface area contributed by atoms with E-state index in [4.69, 9.17) is 0 Å². The smallest absolute Gasteiger partial charge is 0.352 e. The zero-order valence-electron chi connectivity index (χ0n) is 10.7. The van der Waals surface area contributed by atoms with Gasteiger partial charge in [0.25, 0.3) is 0 Å². The molecule has 0 saturated carbocycles. The number of alkyl halides is 3. The maximum Gasteiger partial charge on any atom is 0.435 e. The highest BCUT2D eigenvalue weighted by Crippen LogP contribution is 2.29. The Hall–Kier alpha value is -1.53. The van der Waals surface area contributed by atoms with Gasteiger partial charge in [-0.1, -0.05) is 0 Å². The molecule has 1 aromatic rings. The average molecular weight is 263 g/mol. The fourth-order valence-electron chi connectivity index (χ4n) is 1.53. The van der Waals surface area contributed by atoms with Crippen molar-refractivity contribution in [2.75, 3.05) is 0 Å². The van der Waals surface area contributed by atoms with E-state index in [-0.39, 0.29) is 11.9 Å². The molecule has 0 bridgehead atoms. The van der Waals surface area contributed by atoms with Gasteiger partial charge in [0.1, 0.15) is 6.04 Å². The molecular formula is C11H16F3N3O. The first-order chi connectivity index (χ1) is 8.12. The van der Waals surface area contributed by atoms with E-state index in [0.717, 1.165) is 10.7 Å². The zero-order valence-corrected chi connectivity index (χ0v) is 10.7. The fraction of sp³-hybridized carbons (Fsp3) is 0.636. The Labute approximate surface area is 103 Å². The summed E-state index contributed by atoms with van der Waals surface area (Å²) in [5.74, 6) is -0.357. The summed E-state index contributed by atoms with van der Waals surface area (Å²) in [5, 5.41) is 6.08. The lowest BCUT2D eigenvalue weighted by Crippen LogP contribution is -2.36. The summed E-state index contributed by atoms with van der Waals surface area (Å²) in [7, 11) is 0. The van der Waals surface area contributed by atoms with Crippen molar-refractivity contribution in [2.24, 2.45) is 0 Å². The maximum absolute atomic E-state index is 12.5. The number of nitrogens with one attached hydrogen (secondary N) is 1. The van der Waals surface area contributed by atoms with Crippen LogP contribution < -0.4 is 5.32 Å². The summed E-state index contributed by atoms with van der Waals surface area (Å²) in [4.78, 5) is 11.7. The van der Waals surface area contributed by atoms with Crippen molar-refractivity contribution in [1.29, 1.82) is 0 Å². The quantitative estimate of drug-likeness (QED) is 0.909. The largest absolute Gasteiger partial charge is 0.435 e. The van der Waals surface area contributed by atoms with E-state index in [0.29, 0.717) is 5.69 Å². The van der Waals surface area contributed by atoms with Crippen LogP contribution in [0.25, 0.3) is 0 Å². The van der Waals surface area contributed by atoms with Crippen molar-refractivity contribution in [3.8, 4) is 0 Å². The summed E-state index contributed by atoms with van der Waals surface area (Å²) >= 11 is 0. The van der Waals surface area contributed by atoms with Crippen molar-refractivity contribution in [3.63, 3.8) is 0 Å². The molecule has 0 radical (unpaired) electrons. The van der Waals surface area contributed by atoms with Crippen molar-refractivity contribution in [3.05, 3.63) is 17.5 Å². The molecule has 0 aromatic carbocycles. The van der Waals surface area contributed by atoms with E-state index in [1.54, 1.807) is 13.8 Å². The minimum atomic E-state index is -4.50. The van der Waals surface area contributed by atoms with Gasteiger partial charge in [0.05, 0.1) is 0 Å². The average Bonchev–Trinajstić information content (AvgIpc) is 2.57. The standard InChI is InChI=1S/C11H16F3N3O/c1-6(2)15-10(18)8(4)17-7(3)5-9(16-17)11(12,13)14/h5-6,8H,1-4H3,(H,15,18)/t8-/m0/s1. The molecular weight excluding hydrogens is 247 g/mol. The third-order valence-electron chi connectivity index (χ3n) is 2.39. The number of amides is 1. The number of halogens is 3. The van der Waals surface area contributed by atoms with Gasteiger partial charge in [-0.05, 0) is 33.8 Å². The number of aryl methyl sites for hydroxylation is 1. The Balaban J connectivity index is 2.96. The van der Waals surface area contributed by atoms with Crippen LogP contribution in [0.2, 0.25) is 0 Å². The van der Waals surface area contributed by atoms with Crippen LogP contribution in [0.3, 0.4) is 0 Å². The number of nitrogens with zero attached hydrogens (tertiary/aromatic N) is 2. The molecule has 1 atom stereocenters. The Bertz CT molecular complexity index is 437. The summed E-state index contributed by atoms with van der Waals surface area (Å²) in [5.41, 5.74) is -0.682. The maximum atomic E-state index is 12.5. The Morgan fingerprint density at radius 3 is 2.33 bits per heavy atom. The van der Waals surface area contributed by atoms with Crippen LogP contribution in [0.15, 0.2) is 6.07 Å². The van der Waals surface area contributed by atoms with Gasteiger partial charge >= 0.3 is 6.18 Å². The molecule has 1 aromatic heterocycles. The molecule has 0 spiro atoms. The SMILES string of the molecule is Cc1cc(C(F)(F)F)nn1[C@@H](C)C(=O)NC(C)C. The number of carbonyl (C=O) groups excluding carboxylic acids is 1. The molecule has 0 fully saturated rings. The van der Waals surface area contributed by atoms with Gasteiger partial charge in [-0.25, -0.2) is 0 Å². The van der Waals surface area contributed by atoms with Gasteiger partial charge < -0.3 is 5.32 Å². The van der Waals surface area contributed by atoms with Crippen molar-refractivity contribution >= 4 is 5.91 Å². The third-order valence-corrected chi connectivity index (χ3v) is 2.39. The highest BCUT2D eigenvalue weighted by molar-refractivity contribution is 5.80. The van der Waals surface area contributed by atoms with Crippen LogP contribution in [0.4, 0.5) is 13.2 Å². The number of hydrogen-bond acceptors (Lipinski definition) is 2. The predicted molar refractivity (Wildman–Crippen MR) is 60.0 cm³/mol. The van der Waals surface area contributed by atoms with Gasteiger partial charge in [-0.3, -0.25) is 9.48 Å². The second-order valence-electron chi connectivity index (χ2n) is 4.45. The van der Waals surface area contributed by atoms with Gasteiger partial charge in [0.2, 0.25) is 5.91 Å². The lowest BCUT2D eigenvalue weighted by molar-refractivity contribution is -0.142. The topological polar surface area (TPSA) is 46.9 Å². The number of hydrogen-bond donors (Lipinski definition) is 1. The van der Waals surface area contributed by atoms with Crippen LogP contribution in [-0.4, -0.2) is 21.7 Å². The zero-order chi connectivity index (χ0) is 14.1. The van der Waals surface area contributed by atoms with Crippen LogP contribution in [0.1, 0.15) is 38.2 Å².